The standard InChI is InChI=1S/C15H21BrFNO2/c1-9(2)20-12-5-11(8-19)15(18,7-12)10-3-4-14(17)13(16)6-10/h3-4,6,9,11-12,19H,5,7-8,18H2,1-2H3. The highest BCUT2D eigenvalue weighted by Gasteiger charge is 2.46. The second-order valence-corrected chi connectivity index (χ2v) is 6.65. The van der Waals surface area contributed by atoms with Crippen LogP contribution in [0.25, 0.3) is 0 Å². The Hall–Kier alpha value is -0.490. The zero-order valence-electron chi connectivity index (χ0n) is 11.8. The van der Waals surface area contributed by atoms with Gasteiger partial charge in [-0.2, -0.15) is 0 Å². The molecule has 0 saturated heterocycles. The molecule has 5 heteroatoms. The average Bonchev–Trinajstić information content (AvgIpc) is 2.69. The van der Waals surface area contributed by atoms with E-state index in [4.69, 9.17) is 10.5 Å². The van der Waals surface area contributed by atoms with Crippen molar-refractivity contribution in [2.24, 2.45) is 11.7 Å². The van der Waals surface area contributed by atoms with Crippen LogP contribution in [0.2, 0.25) is 0 Å². The van der Waals surface area contributed by atoms with E-state index >= 15 is 0 Å². The molecule has 1 fully saturated rings. The van der Waals surface area contributed by atoms with Crippen LogP contribution < -0.4 is 5.73 Å². The molecule has 0 aromatic heterocycles. The third-order valence-electron chi connectivity index (χ3n) is 3.98. The van der Waals surface area contributed by atoms with Crippen LogP contribution in [0.4, 0.5) is 4.39 Å². The Bertz CT molecular complexity index is 483. The van der Waals surface area contributed by atoms with E-state index in [1.54, 1.807) is 12.1 Å². The molecule has 1 aromatic rings. The van der Waals surface area contributed by atoms with Crippen LogP contribution in [0.1, 0.15) is 32.3 Å². The fourth-order valence-corrected chi connectivity index (χ4v) is 3.40. The number of hydrogen-bond donors (Lipinski definition) is 2. The van der Waals surface area contributed by atoms with Crippen molar-refractivity contribution in [3.05, 3.63) is 34.1 Å². The molecule has 1 aliphatic carbocycles. The molecule has 1 saturated carbocycles. The summed E-state index contributed by atoms with van der Waals surface area (Å²) in [6, 6.07) is 4.80. The van der Waals surface area contributed by atoms with Crippen LogP contribution in [0.5, 0.6) is 0 Å². The number of benzene rings is 1. The van der Waals surface area contributed by atoms with Gasteiger partial charge in [-0.05, 0) is 60.3 Å². The number of halogens is 2. The van der Waals surface area contributed by atoms with Crippen LogP contribution in [-0.4, -0.2) is 23.9 Å². The van der Waals surface area contributed by atoms with Gasteiger partial charge in [-0.3, -0.25) is 0 Å². The first-order chi connectivity index (χ1) is 9.36. The lowest BCUT2D eigenvalue weighted by atomic mass is 9.82. The quantitative estimate of drug-likeness (QED) is 0.881. The van der Waals surface area contributed by atoms with Crippen molar-refractivity contribution >= 4 is 15.9 Å². The molecule has 0 bridgehead atoms. The van der Waals surface area contributed by atoms with E-state index in [1.165, 1.54) is 6.07 Å². The second-order valence-electron chi connectivity index (χ2n) is 5.80. The molecular formula is C15H21BrFNO2. The third kappa shape index (κ3) is 3.06. The molecule has 1 aromatic carbocycles. The molecule has 20 heavy (non-hydrogen) atoms. The maximum absolute atomic E-state index is 13.4. The van der Waals surface area contributed by atoms with Crippen LogP contribution in [0.15, 0.2) is 22.7 Å². The summed E-state index contributed by atoms with van der Waals surface area (Å²) < 4.78 is 19.6. The van der Waals surface area contributed by atoms with Gasteiger partial charge >= 0.3 is 0 Å². The summed E-state index contributed by atoms with van der Waals surface area (Å²) in [5.74, 6) is -0.394. The number of ether oxygens (including phenoxy) is 1. The van der Waals surface area contributed by atoms with Gasteiger partial charge in [0, 0.05) is 18.1 Å². The van der Waals surface area contributed by atoms with E-state index in [0.717, 1.165) is 12.0 Å². The first-order valence-electron chi connectivity index (χ1n) is 6.87. The first-order valence-corrected chi connectivity index (χ1v) is 7.67. The van der Waals surface area contributed by atoms with Gasteiger partial charge in [-0.25, -0.2) is 4.39 Å². The van der Waals surface area contributed by atoms with Crippen molar-refractivity contribution in [3.8, 4) is 0 Å². The van der Waals surface area contributed by atoms with Crippen LogP contribution in [-0.2, 0) is 10.3 Å². The topological polar surface area (TPSA) is 55.5 Å². The van der Waals surface area contributed by atoms with E-state index in [2.05, 4.69) is 15.9 Å². The monoisotopic (exact) mass is 345 g/mol. The zero-order chi connectivity index (χ0) is 14.9. The highest BCUT2D eigenvalue weighted by atomic mass is 79.9. The molecule has 3 N–H and O–H groups in total. The molecule has 0 spiro atoms. The van der Waals surface area contributed by atoms with Gasteiger partial charge < -0.3 is 15.6 Å². The maximum atomic E-state index is 13.4. The Kier molecular flexibility index (Phi) is 4.84. The van der Waals surface area contributed by atoms with E-state index in [0.29, 0.717) is 10.9 Å². The molecule has 0 aliphatic heterocycles. The number of hydrogen-bond acceptors (Lipinski definition) is 3. The van der Waals surface area contributed by atoms with E-state index in [1.807, 2.05) is 13.8 Å². The van der Waals surface area contributed by atoms with Gasteiger partial charge in [-0.1, -0.05) is 6.07 Å². The SMILES string of the molecule is CC(C)OC1CC(CO)C(N)(c2ccc(F)c(Br)c2)C1. The average molecular weight is 346 g/mol. The molecule has 0 radical (unpaired) electrons. The van der Waals surface area contributed by atoms with E-state index < -0.39 is 5.54 Å². The molecule has 0 amide bonds. The molecule has 2 rings (SSSR count). The third-order valence-corrected chi connectivity index (χ3v) is 4.59. The molecule has 112 valence electrons. The number of rotatable bonds is 4. The van der Waals surface area contributed by atoms with Crippen molar-refractivity contribution in [1.29, 1.82) is 0 Å². The number of nitrogens with two attached hydrogens (primary N) is 1. The molecule has 0 heterocycles. The first kappa shape index (κ1) is 15.9. The van der Waals surface area contributed by atoms with Crippen molar-refractivity contribution in [3.63, 3.8) is 0 Å². The number of aliphatic hydroxyl groups excluding tert-OH is 1. The summed E-state index contributed by atoms with van der Waals surface area (Å²) in [5, 5.41) is 9.62. The van der Waals surface area contributed by atoms with Crippen LogP contribution >= 0.6 is 15.9 Å². The zero-order valence-corrected chi connectivity index (χ0v) is 13.4. The fourth-order valence-electron chi connectivity index (χ4n) is 3.02. The summed E-state index contributed by atoms with van der Waals surface area (Å²) >= 11 is 3.19. The van der Waals surface area contributed by atoms with Gasteiger partial charge in [0.25, 0.3) is 0 Å². The fraction of sp³-hybridized carbons (Fsp3) is 0.600. The Morgan fingerprint density at radius 3 is 2.80 bits per heavy atom. The lowest BCUT2D eigenvalue weighted by molar-refractivity contribution is 0.00732. The normalized spacial score (nSPS) is 30.1. The minimum Gasteiger partial charge on any atom is -0.396 e. The van der Waals surface area contributed by atoms with Crippen molar-refractivity contribution < 1.29 is 14.2 Å². The highest BCUT2D eigenvalue weighted by Crippen LogP contribution is 2.43. The molecule has 3 unspecified atom stereocenters. The maximum Gasteiger partial charge on any atom is 0.137 e. The lowest BCUT2D eigenvalue weighted by Crippen LogP contribution is -2.42. The molecule has 1 aliphatic rings. The number of aliphatic hydroxyl groups is 1. The van der Waals surface area contributed by atoms with E-state index in [-0.39, 0.29) is 30.5 Å². The van der Waals surface area contributed by atoms with Gasteiger partial charge in [0.05, 0.1) is 16.7 Å². The molecular weight excluding hydrogens is 325 g/mol. The summed E-state index contributed by atoms with van der Waals surface area (Å²) in [4.78, 5) is 0. The summed E-state index contributed by atoms with van der Waals surface area (Å²) in [7, 11) is 0. The van der Waals surface area contributed by atoms with Crippen molar-refractivity contribution in [2.75, 3.05) is 6.61 Å². The van der Waals surface area contributed by atoms with Crippen molar-refractivity contribution in [2.45, 2.75) is 44.4 Å². The Morgan fingerprint density at radius 1 is 1.55 bits per heavy atom. The lowest BCUT2D eigenvalue weighted by Gasteiger charge is -2.31. The Labute approximate surface area is 127 Å². The van der Waals surface area contributed by atoms with Gasteiger partial charge in [0.2, 0.25) is 0 Å². The predicted octanol–water partition coefficient (Wildman–Crippen LogP) is 2.94. The van der Waals surface area contributed by atoms with Crippen LogP contribution in [0, 0.1) is 11.7 Å². The van der Waals surface area contributed by atoms with Gasteiger partial charge in [0.1, 0.15) is 5.82 Å². The minimum absolute atomic E-state index is 0.00342. The Balaban J connectivity index is 2.28. The molecule has 3 atom stereocenters. The summed E-state index contributed by atoms with van der Waals surface area (Å²) in [6.07, 6.45) is 1.51. The Morgan fingerprint density at radius 2 is 2.25 bits per heavy atom. The summed E-state index contributed by atoms with van der Waals surface area (Å²) in [6.45, 7) is 3.97. The van der Waals surface area contributed by atoms with Gasteiger partial charge in [0.15, 0.2) is 0 Å². The van der Waals surface area contributed by atoms with Gasteiger partial charge in [-0.15, -0.1) is 0 Å². The largest absolute Gasteiger partial charge is 0.396 e. The smallest absolute Gasteiger partial charge is 0.137 e. The molecule has 3 nitrogen and oxygen atoms in total. The highest BCUT2D eigenvalue weighted by molar-refractivity contribution is 9.10. The predicted molar refractivity (Wildman–Crippen MR) is 79.8 cm³/mol. The second kappa shape index (κ2) is 6.10. The minimum atomic E-state index is -0.676. The van der Waals surface area contributed by atoms with Crippen molar-refractivity contribution in [1.82, 2.24) is 0 Å². The van der Waals surface area contributed by atoms with Crippen LogP contribution in [0.3, 0.4) is 0 Å². The van der Waals surface area contributed by atoms with E-state index in [9.17, 15) is 9.50 Å². The summed E-state index contributed by atoms with van der Waals surface area (Å²) in [5.41, 5.74) is 6.69.